The summed E-state index contributed by atoms with van der Waals surface area (Å²) in [7, 11) is 0. The average molecular weight is 302 g/mol. The van der Waals surface area contributed by atoms with Crippen molar-refractivity contribution < 1.29 is 0 Å². The molecule has 1 aromatic carbocycles. The van der Waals surface area contributed by atoms with Crippen molar-refractivity contribution in [3.8, 4) is 5.69 Å². The highest BCUT2D eigenvalue weighted by molar-refractivity contribution is 7.99. The maximum atomic E-state index is 4.55. The fourth-order valence-electron chi connectivity index (χ4n) is 2.87. The van der Waals surface area contributed by atoms with Crippen molar-refractivity contribution in [1.29, 1.82) is 0 Å². The van der Waals surface area contributed by atoms with Gasteiger partial charge in [0.2, 0.25) is 0 Å². The van der Waals surface area contributed by atoms with Crippen LogP contribution in [0.3, 0.4) is 0 Å². The van der Waals surface area contributed by atoms with Crippen molar-refractivity contribution >= 4 is 11.8 Å². The predicted molar refractivity (Wildman–Crippen MR) is 87.8 cm³/mol. The van der Waals surface area contributed by atoms with Crippen molar-refractivity contribution in [3.05, 3.63) is 42.2 Å². The van der Waals surface area contributed by atoms with E-state index in [1.165, 1.54) is 25.0 Å². The summed E-state index contributed by atoms with van der Waals surface area (Å²) in [6, 6.07) is 10.7. The molecule has 1 saturated carbocycles. The zero-order valence-electron chi connectivity index (χ0n) is 12.4. The highest BCUT2D eigenvalue weighted by Crippen LogP contribution is 2.29. The van der Waals surface area contributed by atoms with Gasteiger partial charge < -0.3 is 5.32 Å². The number of nitrogens with zero attached hydrogens (tertiary/aromatic N) is 3. The number of para-hydroxylation sites is 1. The number of rotatable bonds is 6. The Kier molecular flexibility index (Phi) is 4.93. The van der Waals surface area contributed by atoms with E-state index in [0.717, 1.165) is 23.2 Å². The summed E-state index contributed by atoms with van der Waals surface area (Å²) in [5.74, 6) is 1.20. The van der Waals surface area contributed by atoms with Gasteiger partial charge in [-0.2, -0.15) is 26.8 Å². The lowest BCUT2D eigenvalue weighted by Crippen LogP contribution is -2.33. The zero-order chi connectivity index (χ0) is 14.5. The first-order valence-corrected chi connectivity index (χ1v) is 8.73. The van der Waals surface area contributed by atoms with Gasteiger partial charge in [0.25, 0.3) is 0 Å². The lowest BCUT2D eigenvalue weighted by molar-refractivity contribution is 0.525. The van der Waals surface area contributed by atoms with Gasteiger partial charge >= 0.3 is 0 Å². The van der Waals surface area contributed by atoms with Gasteiger partial charge in [-0.25, -0.2) is 0 Å². The minimum Gasteiger partial charge on any atom is -0.307 e. The summed E-state index contributed by atoms with van der Waals surface area (Å²) < 4.78 is 0. The standard InChI is InChI=1S/C16H22N4S/c1-2-21-16-10-6-9-15(16)17-11-13-12-18-20(19-13)14-7-4-3-5-8-14/h3-5,7-8,12,15-17H,2,6,9-11H2,1H3. The summed E-state index contributed by atoms with van der Waals surface area (Å²) in [5, 5.41) is 13.3. The molecule has 1 aromatic heterocycles. The molecule has 0 spiro atoms. The van der Waals surface area contributed by atoms with Crippen LogP contribution in [0.5, 0.6) is 0 Å². The molecule has 0 aliphatic heterocycles. The second-order valence-electron chi connectivity index (χ2n) is 5.37. The molecular weight excluding hydrogens is 280 g/mol. The van der Waals surface area contributed by atoms with Crippen LogP contribution in [0.15, 0.2) is 36.5 Å². The second kappa shape index (κ2) is 7.09. The molecule has 0 saturated heterocycles. The number of hydrogen-bond acceptors (Lipinski definition) is 4. The summed E-state index contributed by atoms with van der Waals surface area (Å²) in [5.41, 5.74) is 2.01. The lowest BCUT2D eigenvalue weighted by atomic mass is 10.2. The molecule has 2 aromatic rings. The monoisotopic (exact) mass is 302 g/mol. The van der Waals surface area contributed by atoms with Gasteiger partial charge in [-0.05, 0) is 30.7 Å². The molecule has 21 heavy (non-hydrogen) atoms. The number of thioether (sulfide) groups is 1. The zero-order valence-corrected chi connectivity index (χ0v) is 13.2. The third kappa shape index (κ3) is 3.66. The van der Waals surface area contributed by atoms with Crippen molar-refractivity contribution in [1.82, 2.24) is 20.3 Å². The smallest absolute Gasteiger partial charge is 0.0969 e. The Balaban J connectivity index is 1.58. The third-order valence-electron chi connectivity index (χ3n) is 3.91. The molecule has 112 valence electrons. The molecule has 1 aliphatic carbocycles. The van der Waals surface area contributed by atoms with Crippen LogP contribution < -0.4 is 5.32 Å². The van der Waals surface area contributed by atoms with Gasteiger partial charge in [-0.15, -0.1) is 0 Å². The van der Waals surface area contributed by atoms with Gasteiger partial charge in [-0.1, -0.05) is 31.5 Å². The fourth-order valence-corrected chi connectivity index (χ4v) is 4.10. The Morgan fingerprint density at radius 2 is 2.14 bits per heavy atom. The van der Waals surface area contributed by atoms with Crippen LogP contribution in [0.1, 0.15) is 31.9 Å². The van der Waals surface area contributed by atoms with E-state index in [1.807, 2.05) is 36.5 Å². The second-order valence-corrected chi connectivity index (χ2v) is 6.89. The SMILES string of the molecule is CCSC1CCCC1NCc1cnn(-c2ccccc2)n1. The van der Waals surface area contributed by atoms with E-state index < -0.39 is 0 Å². The van der Waals surface area contributed by atoms with Crippen LogP contribution in [-0.2, 0) is 6.54 Å². The van der Waals surface area contributed by atoms with E-state index in [2.05, 4.69) is 34.2 Å². The summed E-state index contributed by atoms with van der Waals surface area (Å²) in [6.07, 6.45) is 5.82. The molecule has 0 radical (unpaired) electrons. The maximum Gasteiger partial charge on any atom is 0.0969 e. The molecule has 1 N–H and O–H groups in total. The first-order chi connectivity index (χ1) is 10.4. The Morgan fingerprint density at radius 1 is 1.29 bits per heavy atom. The van der Waals surface area contributed by atoms with E-state index in [9.17, 15) is 0 Å². The minimum absolute atomic E-state index is 0.622. The van der Waals surface area contributed by atoms with Gasteiger partial charge in [0.05, 0.1) is 17.6 Å². The Bertz CT molecular complexity index is 554. The Morgan fingerprint density at radius 3 is 2.95 bits per heavy atom. The molecule has 1 aliphatic rings. The van der Waals surface area contributed by atoms with Crippen LogP contribution in [0.4, 0.5) is 0 Å². The van der Waals surface area contributed by atoms with Gasteiger partial charge in [0, 0.05) is 17.8 Å². The molecule has 1 fully saturated rings. The fraction of sp³-hybridized carbons (Fsp3) is 0.500. The van der Waals surface area contributed by atoms with Crippen molar-refractivity contribution in [3.63, 3.8) is 0 Å². The molecule has 1 heterocycles. The Hall–Kier alpha value is -1.33. The summed E-state index contributed by atoms with van der Waals surface area (Å²) in [6.45, 7) is 3.05. The van der Waals surface area contributed by atoms with Crippen LogP contribution in [0.25, 0.3) is 5.69 Å². The molecule has 2 atom stereocenters. The quantitative estimate of drug-likeness (QED) is 0.890. The topological polar surface area (TPSA) is 42.7 Å². The average Bonchev–Trinajstić information content (AvgIpc) is 3.16. The molecule has 4 nitrogen and oxygen atoms in total. The normalized spacial score (nSPS) is 21.8. The van der Waals surface area contributed by atoms with E-state index in [-0.39, 0.29) is 0 Å². The number of aromatic nitrogens is 3. The number of hydrogen-bond donors (Lipinski definition) is 1. The van der Waals surface area contributed by atoms with Crippen molar-refractivity contribution in [2.24, 2.45) is 0 Å². The van der Waals surface area contributed by atoms with E-state index in [1.54, 1.807) is 4.80 Å². The highest BCUT2D eigenvalue weighted by atomic mass is 32.2. The molecule has 2 unspecified atom stereocenters. The van der Waals surface area contributed by atoms with E-state index in [0.29, 0.717) is 6.04 Å². The maximum absolute atomic E-state index is 4.55. The lowest BCUT2D eigenvalue weighted by Gasteiger charge is -2.19. The highest BCUT2D eigenvalue weighted by Gasteiger charge is 2.26. The predicted octanol–water partition coefficient (Wildman–Crippen LogP) is 3.03. The molecule has 0 bridgehead atoms. The number of benzene rings is 1. The molecule has 3 rings (SSSR count). The third-order valence-corrected chi connectivity index (χ3v) is 5.23. The van der Waals surface area contributed by atoms with Crippen molar-refractivity contribution in [2.45, 2.75) is 44.0 Å². The molecule has 0 amide bonds. The van der Waals surface area contributed by atoms with Crippen LogP contribution in [0.2, 0.25) is 0 Å². The largest absolute Gasteiger partial charge is 0.307 e. The minimum atomic E-state index is 0.622. The van der Waals surface area contributed by atoms with Gasteiger partial charge in [-0.3, -0.25) is 0 Å². The van der Waals surface area contributed by atoms with Gasteiger partial charge in [0.1, 0.15) is 0 Å². The van der Waals surface area contributed by atoms with Crippen molar-refractivity contribution in [2.75, 3.05) is 5.75 Å². The van der Waals surface area contributed by atoms with E-state index in [4.69, 9.17) is 0 Å². The van der Waals surface area contributed by atoms with Crippen LogP contribution in [0, 0.1) is 0 Å². The summed E-state index contributed by atoms with van der Waals surface area (Å²) in [4.78, 5) is 1.70. The van der Waals surface area contributed by atoms with Crippen LogP contribution in [-0.4, -0.2) is 32.0 Å². The summed E-state index contributed by atoms with van der Waals surface area (Å²) >= 11 is 2.08. The van der Waals surface area contributed by atoms with Gasteiger partial charge in [0.15, 0.2) is 0 Å². The molecular formula is C16H22N4S. The van der Waals surface area contributed by atoms with E-state index >= 15 is 0 Å². The first-order valence-electron chi connectivity index (χ1n) is 7.68. The van der Waals surface area contributed by atoms with Crippen LogP contribution >= 0.6 is 11.8 Å². The Labute approximate surface area is 130 Å². The number of nitrogens with one attached hydrogen (secondary N) is 1. The molecule has 5 heteroatoms. The first kappa shape index (κ1) is 14.6.